The van der Waals surface area contributed by atoms with Crippen LogP contribution in [0, 0.1) is 13.0 Å². The smallest absolute Gasteiger partial charge is 0.236 e. The molecule has 0 atom stereocenters. The molecule has 117 valence electrons. The highest BCUT2D eigenvalue weighted by Crippen LogP contribution is 2.18. The topological polar surface area (TPSA) is 60.9 Å². The van der Waals surface area contributed by atoms with Crippen LogP contribution in [0.4, 0.5) is 5.69 Å². The molecule has 2 rings (SSSR count). The number of aliphatic hydroxyl groups excluding tert-OH is 1. The number of para-hydroxylation sites is 1. The molecule has 0 aromatic heterocycles. The Morgan fingerprint density at radius 3 is 2.43 bits per heavy atom. The van der Waals surface area contributed by atoms with E-state index in [4.69, 9.17) is 5.11 Å². The molecule has 1 heterocycles. The zero-order chi connectivity index (χ0) is 15.3. The van der Waals surface area contributed by atoms with Gasteiger partial charge in [0.2, 0.25) is 10.0 Å². The van der Waals surface area contributed by atoms with Crippen LogP contribution in [-0.2, 0) is 10.0 Å². The molecule has 1 N–H and O–H groups in total. The molecule has 0 aliphatic carbocycles. The van der Waals surface area contributed by atoms with Crippen LogP contribution in [0.25, 0.3) is 0 Å². The van der Waals surface area contributed by atoms with Crippen LogP contribution in [0.1, 0.15) is 12.8 Å². The van der Waals surface area contributed by atoms with E-state index in [1.54, 1.807) is 24.3 Å². The molecule has 1 aliphatic heterocycles. The highest BCUT2D eigenvalue weighted by atomic mass is 32.2. The third-order valence-corrected chi connectivity index (χ3v) is 5.59. The van der Waals surface area contributed by atoms with Crippen LogP contribution in [-0.4, -0.2) is 50.4 Å². The molecule has 1 aromatic carbocycles. The van der Waals surface area contributed by atoms with Gasteiger partial charge in [0, 0.05) is 13.2 Å². The molecule has 0 bridgehead atoms. The minimum absolute atomic E-state index is 0.0647. The second-order valence-corrected chi connectivity index (χ2v) is 7.48. The molecular weight excluding hydrogens is 288 g/mol. The van der Waals surface area contributed by atoms with E-state index in [0.717, 1.165) is 30.2 Å². The van der Waals surface area contributed by atoms with E-state index in [0.29, 0.717) is 18.2 Å². The number of likely N-dealkylation sites (tertiary alicyclic amines) is 1. The van der Waals surface area contributed by atoms with E-state index >= 15 is 0 Å². The Balaban J connectivity index is 1.87. The highest BCUT2D eigenvalue weighted by Gasteiger charge is 2.23. The maximum Gasteiger partial charge on any atom is 0.236 e. The van der Waals surface area contributed by atoms with Crippen LogP contribution in [0.15, 0.2) is 30.3 Å². The fourth-order valence-corrected chi connectivity index (χ4v) is 3.65. The van der Waals surface area contributed by atoms with Crippen molar-refractivity contribution in [1.29, 1.82) is 0 Å². The third-order valence-electron chi connectivity index (χ3n) is 4.01. The lowest BCUT2D eigenvalue weighted by Crippen LogP contribution is -2.39. The first-order valence-electron chi connectivity index (χ1n) is 7.24. The van der Waals surface area contributed by atoms with Gasteiger partial charge in [-0.15, -0.1) is 0 Å². The lowest BCUT2D eigenvalue weighted by molar-refractivity contribution is 0.136. The van der Waals surface area contributed by atoms with Crippen molar-refractivity contribution < 1.29 is 13.5 Å². The largest absolute Gasteiger partial charge is 0.396 e. The molecule has 0 spiro atoms. The molecule has 1 aromatic rings. The van der Waals surface area contributed by atoms with Gasteiger partial charge in [-0.2, -0.15) is 0 Å². The van der Waals surface area contributed by atoms with E-state index in [1.807, 2.05) is 6.07 Å². The molecule has 0 saturated carbocycles. The molecule has 1 fully saturated rings. The molecule has 0 unspecified atom stereocenters. The fourth-order valence-electron chi connectivity index (χ4n) is 2.50. The third kappa shape index (κ3) is 4.43. The Morgan fingerprint density at radius 1 is 1.24 bits per heavy atom. The average molecular weight is 311 g/mol. The maximum absolute atomic E-state index is 12.3. The lowest BCUT2D eigenvalue weighted by atomic mass is 9.98. The van der Waals surface area contributed by atoms with Gasteiger partial charge in [-0.25, -0.2) is 8.42 Å². The summed E-state index contributed by atoms with van der Waals surface area (Å²) in [6.07, 6.45) is 1.87. The van der Waals surface area contributed by atoms with Gasteiger partial charge < -0.3 is 10.0 Å². The second kappa shape index (κ2) is 7.24. The van der Waals surface area contributed by atoms with Gasteiger partial charge in [0.25, 0.3) is 0 Å². The Bertz CT molecular complexity index is 525. The summed E-state index contributed by atoms with van der Waals surface area (Å²) in [6, 6.07) is 8.90. The van der Waals surface area contributed by atoms with Crippen molar-refractivity contribution >= 4 is 15.7 Å². The van der Waals surface area contributed by atoms with Gasteiger partial charge in [0.05, 0.1) is 18.5 Å². The zero-order valence-electron chi connectivity index (χ0n) is 12.2. The first-order valence-corrected chi connectivity index (χ1v) is 8.85. The number of aliphatic hydroxyl groups is 1. The van der Waals surface area contributed by atoms with Gasteiger partial charge in [0.1, 0.15) is 0 Å². The fraction of sp³-hybridized carbons (Fsp3) is 0.533. The van der Waals surface area contributed by atoms with Gasteiger partial charge in [0.15, 0.2) is 0 Å². The molecule has 21 heavy (non-hydrogen) atoms. The summed E-state index contributed by atoms with van der Waals surface area (Å²) in [4.78, 5) is 2.14. The van der Waals surface area contributed by atoms with Gasteiger partial charge in [-0.3, -0.25) is 4.31 Å². The quantitative estimate of drug-likeness (QED) is 0.861. The predicted octanol–water partition coefficient (Wildman–Crippen LogP) is 1.32. The first kappa shape index (κ1) is 16.3. The van der Waals surface area contributed by atoms with Crippen LogP contribution in [0.2, 0.25) is 0 Å². The predicted molar refractivity (Wildman–Crippen MR) is 84.3 cm³/mol. The van der Waals surface area contributed by atoms with Crippen LogP contribution < -0.4 is 4.31 Å². The van der Waals surface area contributed by atoms with Gasteiger partial charge in [-0.1, -0.05) is 18.2 Å². The van der Waals surface area contributed by atoms with E-state index in [9.17, 15) is 8.42 Å². The Kier molecular flexibility index (Phi) is 5.61. The standard InChI is InChI=1S/C15H23N2O3S/c1-16(15-5-3-2-4-6-15)21(19,20)12-11-17-9-7-14(13-18)8-10-17/h2-6,14,18H,1,7-13H2. The van der Waals surface area contributed by atoms with Gasteiger partial charge >= 0.3 is 0 Å². The first-order chi connectivity index (χ1) is 10.0. The maximum atomic E-state index is 12.3. The van der Waals surface area contributed by atoms with E-state index < -0.39 is 10.0 Å². The van der Waals surface area contributed by atoms with Crippen LogP contribution in [0.3, 0.4) is 0 Å². The number of nitrogens with zero attached hydrogens (tertiary/aromatic N) is 2. The summed E-state index contributed by atoms with van der Waals surface area (Å²) in [5.41, 5.74) is 0.580. The number of hydrogen-bond donors (Lipinski definition) is 1. The van der Waals surface area contributed by atoms with Crippen LogP contribution >= 0.6 is 0 Å². The van der Waals surface area contributed by atoms with Crippen molar-refractivity contribution in [3.8, 4) is 0 Å². The van der Waals surface area contributed by atoms with Crippen molar-refractivity contribution in [3.63, 3.8) is 0 Å². The van der Waals surface area contributed by atoms with E-state index in [2.05, 4.69) is 11.9 Å². The molecular formula is C15H23N2O3S. The number of hydrogen-bond acceptors (Lipinski definition) is 4. The van der Waals surface area contributed by atoms with E-state index in [1.165, 1.54) is 0 Å². The monoisotopic (exact) mass is 311 g/mol. The van der Waals surface area contributed by atoms with Crippen LogP contribution in [0.5, 0.6) is 0 Å². The summed E-state index contributed by atoms with van der Waals surface area (Å²) in [7, 11) is 0.262. The number of rotatable bonds is 6. The minimum Gasteiger partial charge on any atom is -0.396 e. The Morgan fingerprint density at radius 2 is 1.86 bits per heavy atom. The number of piperidine rings is 1. The normalized spacial score (nSPS) is 17.8. The summed E-state index contributed by atoms with van der Waals surface area (Å²) >= 11 is 0. The van der Waals surface area contributed by atoms with Crippen molar-refractivity contribution in [2.24, 2.45) is 5.92 Å². The summed E-state index contributed by atoms with van der Waals surface area (Å²) < 4.78 is 25.7. The van der Waals surface area contributed by atoms with Crippen molar-refractivity contribution in [1.82, 2.24) is 4.90 Å². The number of sulfonamides is 1. The van der Waals surface area contributed by atoms with E-state index in [-0.39, 0.29) is 12.4 Å². The van der Waals surface area contributed by atoms with Crippen molar-refractivity contribution in [3.05, 3.63) is 37.4 Å². The molecule has 6 heteroatoms. The van der Waals surface area contributed by atoms with Crippen molar-refractivity contribution in [2.75, 3.05) is 36.3 Å². The second-order valence-electron chi connectivity index (χ2n) is 5.47. The molecule has 1 radical (unpaired) electrons. The van der Waals surface area contributed by atoms with Gasteiger partial charge in [-0.05, 0) is 44.0 Å². The lowest BCUT2D eigenvalue weighted by Gasteiger charge is -2.31. The molecule has 5 nitrogen and oxygen atoms in total. The molecule has 1 aliphatic rings. The number of anilines is 1. The summed E-state index contributed by atoms with van der Waals surface area (Å²) in [5.74, 6) is 0.432. The highest BCUT2D eigenvalue weighted by molar-refractivity contribution is 7.92. The van der Waals surface area contributed by atoms with Crippen molar-refractivity contribution in [2.45, 2.75) is 12.8 Å². The minimum atomic E-state index is -3.40. The number of benzene rings is 1. The summed E-state index contributed by atoms with van der Waals surface area (Å²) in [5, 5.41) is 9.11. The SMILES string of the molecule is [CH2]N(c1ccccc1)S(=O)(=O)CCN1CCC(CO)CC1. The Hall–Kier alpha value is -1.11. The molecule has 0 amide bonds. The molecule has 1 saturated heterocycles. The zero-order valence-corrected chi connectivity index (χ0v) is 13.0. The Labute approximate surface area is 127 Å². The summed E-state index contributed by atoms with van der Waals surface area (Å²) in [6.45, 7) is 2.44. The average Bonchev–Trinajstić information content (AvgIpc) is 2.53.